The fourth-order valence-electron chi connectivity index (χ4n) is 4.55. The van der Waals surface area contributed by atoms with Crippen molar-refractivity contribution in [3.05, 3.63) is 77.5 Å². The number of allylic oxidation sites excluding steroid dienone is 4. The average Bonchev–Trinajstić information content (AvgIpc) is 3.59. The maximum Gasteiger partial charge on any atom is 1.00 e. The Morgan fingerprint density at radius 2 is 1.76 bits per heavy atom. The zero-order chi connectivity index (χ0) is 28.6. The Morgan fingerprint density at radius 3 is 2.29 bits per heavy atom. The van der Waals surface area contributed by atoms with Crippen LogP contribution in [0.15, 0.2) is 76.3 Å². The van der Waals surface area contributed by atoms with Gasteiger partial charge in [0.25, 0.3) is 0 Å². The number of ether oxygens (including phenoxy) is 1. The topological polar surface area (TPSA) is 108 Å². The molecule has 2 aromatic carbocycles. The third-order valence-corrected chi connectivity index (χ3v) is 7.15. The Kier molecular flexibility index (Phi) is 12.1. The van der Waals surface area contributed by atoms with E-state index < -0.39 is 18.0 Å². The molecule has 5 rings (SSSR count). The summed E-state index contributed by atoms with van der Waals surface area (Å²) >= 11 is 5.66. The normalized spacial score (nSPS) is 17.6. The summed E-state index contributed by atoms with van der Waals surface area (Å²) in [5.74, 6) is -0.247. The Balaban J connectivity index is 0.000000444. The number of benzene rings is 2. The van der Waals surface area contributed by atoms with Crippen molar-refractivity contribution in [1.29, 1.82) is 0 Å². The predicted octanol–water partition coefficient (Wildman–Crippen LogP) is 3.17. The second kappa shape index (κ2) is 15.3. The summed E-state index contributed by atoms with van der Waals surface area (Å²) < 4.78 is 10.4. The maximum atomic E-state index is 11.8. The summed E-state index contributed by atoms with van der Waals surface area (Å²) in [6.45, 7) is 7.13. The second-order valence-electron chi connectivity index (χ2n) is 9.85. The van der Waals surface area contributed by atoms with Crippen molar-refractivity contribution in [1.82, 2.24) is 5.16 Å². The van der Waals surface area contributed by atoms with Crippen molar-refractivity contribution < 1.29 is 53.5 Å². The molecule has 1 amide bonds. The van der Waals surface area contributed by atoms with Gasteiger partial charge < -0.3 is 24.1 Å². The van der Waals surface area contributed by atoms with E-state index in [1.165, 1.54) is 0 Å². The number of hydrogen-bond acceptors (Lipinski definition) is 7. The van der Waals surface area contributed by atoms with Gasteiger partial charge >= 0.3 is 35.7 Å². The first kappa shape index (κ1) is 32.5. The summed E-state index contributed by atoms with van der Waals surface area (Å²) in [4.78, 5) is 25.0. The number of halogens is 1. The van der Waals surface area contributed by atoms with Crippen molar-refractivity contribution in [2.24, 2.45) is 11.8 Å². The van der Waals surface area contributed by atoms with Crippen LogP contribution in [0.4, 0.5) is 16.2 Å². The van der Waals surface area contributed by atoms with E-state index in [9.17, 15) is 14.7 Å². The van der Waals surface area contributed by atoms with Gasteiger partial charge in [-0.05, 0) is 61.9 Å². The first-order chi connectivity index (χ1) is 19.2. The molecule has 2 aliphatic rings. The van der Waals surface area contributed by atoms with Gasteiger partial charge in [0.05, 0.1) is 6.61 Å². The largest absolute Gasteiger partial charge is 1.00 e. The number of hydrogen-bond donors (Lipinski definition) is 1. The number of aryl methyl sites for hydroxylation is 1. The summed E-state index contributed by atoms with van der Waals surface area (Å²) in [7, 11) is 0. The molecule has 8 nitrogen and oxygen atoms in total. The monoisotopic (exact) mass is 585 g/mol. The number of nitrogens with one attached hydrogen (secondary N) is 1. The first-order valence-electron chi connectivity index (χ1n) is 13.4. The van der Waals surface area contributed by atoms with E-state index in [1.54, 1.807) is 13.8 Å². The molecule has 1 saturated heterocycles. The van der Waals surface area contributed by atoms with E-state index in [0.29, 0.717) is 42.6 Å². The number of carbonyl (C=O) groups excluding carboxylic acids is 2. The molecule has 3 aromatic rings. The SMILES string of the molecule is CC1C=CC(Cl)=CC1.CCOC(=O)Nc1c(C)noc1-c1ccc(-c2ccc(N3CCC(C(=O)[O-])C3)cc2)cc1.[Na+]. The van der Waals surface area contributed by atoms with Crippen molar-refractivity contribution in [3.63, 3.8) is 0 Å². The van der Waals surface area contributed by atoms with Crippen LogP contribution in [-0.4, -0.2) is 36.9 Å². The summed E-state index contributed by atoms with van der Waals surface area (Å²) in [5, 5.41) is 18.6. The molecule has 1 aromatic heterocycles. The van der Waals surface area contributed by atoms with Crippen molar-refractivity contribution in [2.45, 2.75) is 33.6 Å². The first-order valence-corrected chi connectivity index (χ1v) is 13.7. The predicted molar refractivity (Wildman–Crippen MR) is 155 cm³/mol. The van der Waals surface area contributed by atoms with Crippen LogP contribution < -0.4 is 44.9 Å². The molecule has 0 bridgehead atoms. The van der Waals surface area contributed by atoms with Gasteiger partial charge in [0.2, 0.25) is 0 Å². The van der Waals surface area contributed by atoms with E-state index in [2.05, 4.69) is 28.4 Å². The molecule has 2 atom stereocenters. The molecular formula is C31H33ClN3NaO5. The number of rotatable bonds is 6. The van der Waals surface area contributed by atoms with Crippen LogP contribution in [0, 0.1) is 18.8 Å². The Bertz CT molecular complexity index is 1390. The molecule has 41 heavy (non-hydrogen) atoms. The van der Waals surface area contributed by atoms with Crippen LogP contribution in [0.2, 0.25) is 0 Å². The molecule has 0 saturated carbocycles. The molecule has 0 radical (unpaired) electrons. The fourth-order valence-corrected chi connectivity index (χ4v) is 4.71. The number of amides is 1. The smallest absolute Gasteiger partial charge is 0.550 e. The molecular weight excluding hydrogens is 553 g/mol. The number of aromatic nitrogens is 1. The number of carboxylic acid groups (broad SMARTS) is 1. The molecule has 1 N–H and O–H groups in total. The molecule has 10 heteroatoms. The zero-order valence-electron chi connectivity index (χ0n) is 23.9. The number of anilines is 2. The van der Waals surface area contributed by atoms with Gasteiger partial charge in [-0.3, -0.25) is 5.32 Å². The van der Waals surface area contributed by atoms with Crippen molar-refractivity contribution >= 4 is 35.0 Å². The van der Waals surface area contributed by atoms with Gasteiger partial charge in [0, 0.05) is 41.3 Å². The molecule has 210 valence electrons. The minimum atomic E-state index is -0.980. The number of carbonyl (C=O) groups is 2. The van der Waals surface area contributed by atoms with Crippen LogP contribution in [0.3, 0.4) is 0 Å². The second-order valence-corrected chi connectivity index (χ2v) is 10.3. The van der Waals surface area contributed by atoms with Gasteiger partial charge in [0.15, 0.2) is 5.76 Å². The van der Waals surface area contributed by atoms with E-state index in [1.807, 2.05) is 60.7 Å². The minimum absolute atomic E-state index is 0. The van der Waals surface area contributed by atoms with E-state index in [-0.39, 0.29) is 36.2 Å². The van der Waals surface area contributed by atoms with Gasteiger partial charge in [-0.1, -0.05) is 72.2 Å². The van der Waals surface area contributed by atoms with E-state index in [4.69, 9.17) is 20.9 Å². The fraction of sp³-hybridized carbons (Fsp3) is 0.323. The number of carboxylic acids is 1. The third-order valence-electron chi connectivity index (χ3n) is 6.87. The average molecular weight is 586 g/mol. The van der Waals surface area contributed by atoms with Crippen LogP contribution in [0.25, 0.3) is 22.5 Å². The summed E-state index contributed by atoms with van der Waals surface area (Å²) in [6.07, 6.45) is 7.28. The summed E-state index contributed by atoms with van der Waals surface area (Å²) in [6, 6.07) is 15.8. The number of aliphatic carboxylic acids is 1. The van der Waals surface area contributed by atoms with Crippen LogP contribution >= 0.6 is 11.6 Å². The standard InChI is InChI=1S/C24H25N3O5.C7H9Cl.Na/c1-3-31-24(30)25-21-15(2)26-32-22(21)18-6-4-16(5-7-18)17-8-10-20(11-9-17)27-13-12-19(14-27)23(28)29;1-6-2-4-7(8)5-3-6;/h4-11,19H,3,12-14H2,1-2H3,(H,25,30)(H,28,29);2,4-6H,3H2,1H3;/q;;+1/p-1. The van der Waals surface area contributed by atoms with E-state index in [0.717, 1.165) is 33.8 Å². The number of nitrogens with zero attached hydrogens (tertiary/aromatic N) is 2. The quantitative estimate of drug-likeness (QED) is 0.443. The van der Waals surface area contributed by atoms with Gasteiger partial charge in [-0.2, -0.15) is 0 Å². The van der Waals surface area contributed by atoms with E-state index >= 15 is 0 Å². The molecule has 0 spiro atoms. The van der Waals surface area contributed by atoms with Crippen LogP contribution in [0.1, 0.15) is 32.4 Å². The van der Waals surface area contributed by atoms with Gasteiger partial charge in [0.1, 0.15) is 11.4 Å². The third kappa shape index (κ3) is 8.72. The molecule has 1 aliphatic carbocycles. The van der Waals surface area contributed by atoms with Crippen LogP contribution in [0.5, 0.6) is 0 Å². The van der Waals surface area contributed by atoms with Crippen molar-refractivity contribution in [2.75, 3.05) is 29.9 Å². The van der Waals surface area contributed by atoms with Gasteiger partial charge in [-0.25, -0.2) is 4.79 Å². The van der Waals surface area contributed by atoms with Crippen LogP contribution in [-0.2, 0) is 9.53 Å². The van der Waals surface area contributed by atoms with Crippen molar-refractivity contribution in [3.8, 4) is 22.5 Å². The zero-order valence-corrected chi connectivity index (χ0v) is 26.6. The summed E-state index contributed by atoms with van der Waals surface area (Å²) in [5.41, 5.74) is 4.89. The Hall–Kier alpha value is -3.04. The minimum Gasteiger partial charge on any atom is -0.550 e. The molecule has 2 unspecified atom stereocenters. The Labute approximate surface area is 267 Å². The molecule has 2 heterocycles. The maximum absolute atomic E-state index is 11.8. The Morgan fingerprint density at radius 1 is 1.12 bits per heavy atom. The molecule has 1 aliphatic heterocycles. The van der Waals surface area contributed by atoms with Gasteiger partial charge in [-0.15, -0.1) is 0 Å². The molecule has 1 fully saturated rings.